The van der Waals surface area contributed by atoms with Crippen molar-refractivity contribution in [2.75, 3.05) is 11.9 Å². The van der Waals surface area contributed by atoms with Crippen LogP contribution in [0.5, 0.6) is 0 Å². The fourth-order valence-corrected chi connectivity index (χ4v) is 2.15. The second kappa shape index (κ2) is 5.62. The lowest BCUT2D eigenvalue weighted by molar-refractivity contribution is 0.987. The van der Waals surface area contributed by atoms with E-state index in [9.17, 15) is 0 Å². The largest absolute Gasteiger partial charge is 0.370 e. The van der Waals surface area contributed by atoms with Crippen molar-refractivity contribution in [1.29, 1.82) is 5.26 Å². The van der Waals surface area contributed by atoms with Crippen molar-refractivity contribution in [3.05, 3.63) is 39.4 Å². The third-order valence-corrected chi connectivity index (χ3v) is 3.08. The third-order valence-electron chi connectivity index (χ3n) is 2.05. The van der Waals surface area contributed by atoms with Gasteiger partial charge < -0.3 is 5.32 Å². The highest BCUT2D eigenvalue weighted by atomic mass is 35.5. The lowest BCUT2D eigenvalue weighted by atomic mass is 10.3. The van der Waals surface area contributed by atoms with Gasteiger partial charge in [0.15, 0.2) is 0 Å². The quantitative estimate of drug-likeness (QED) is 0.863. The molecule has 0 aliphatic rings. The van der Waals surface area contributed by atoms with Crippen LogP contribution in [0.1, 0.15) is 10.6 Å². The van der Waals surface area contributed by atoms with Crippen LogP contribution in [0.4, 0.5) is 5.82 Å². The molecule has 1 N–H and O–H groups in total. The molecule has 0 radical (unpaired) electrons. The number of halogens is 1. The molecule has 17 heavy (non-hydrogen) atoms. The van der Waals surface area contributed by atoms with Crippen molar-refractivity contribution < 1.29 is 0 Å². The molecular formula is C11H9ClN4S. The molecule has 0 atom stereocenters. The summed E-state index contributed by atoms with van der Waals surface area (Å²) in [5.41, 5.74) is 0.502. The molecule has 0 unspecified atom stereocenters. The van der Waals surface area contributed by atoms with Crippen molar-refractivity contribution in [3.8, 4) is 6.07 Å². The number of hydrogen-bond donors (Lipinski definition) is 1. The number of nitrogens with zero attached hydrogens (tertiary/aromatic N) is 3. The molecule has 6 heteroatoms. The van der Waals surface area contributed by atoms with E-state index in [0.29, 0.717) is 23.1 Å². The average molecular weight is 265 g/mol. The normalized spacial score (nSPS) is 9.88. The van der Waals surface area contributed by atoms with E-state index < -0.39 is 0 Å². The molecule has 2 heterocycles. The molecule has 0 amide bonds. The molecule has 0 spiro atoms. The number of rotatable bonds is 4. The molecule has 0 aromatic carbocycles. The van der Waals surface area contributed by atoms with Crippen LogP contribution in [0, 0.1) is 11.3 Å². The summed E-state index contributed by atoms with van der Waals surface area (Å²) in [7, 11) is 0. The van der Waals surface area contributed by atoms with Crippen LogP contribution in [0.2, 0.25) is 5.15 Å². The first-order valence-corrected chi connectivity index (χ1v) is 6.23. The Kier molecular flexibility index (Phi) is 3.91. The van der Waals surface area contributed by atoms with Gasteiger partial charge in [-0.25, -0.2) is 9.97 Å². The Morgan fingerprint density at radius 2 is 2.35 bits per heavy atom. The molecule has 0 saturated carbocycles. The van der Waals surface area contributed by atoms with Gasteiger partial charge in [0.1, 0.15) is 11.0 Å². The topological polar surface area (TPSA) is 61.6 Å². The summed E-state index contributed by atoms with van der Waals surface area (Å²) in [6.45, 7) is 0.714. The zero-order valence-electron chi connectivity index (χ0n) is 8.85. The van der Waals surface area contributed by atoms with E-state index >= 15 is 0 Å². The zero-order chi connectivity index (χ0) is 12.1. The van der Waals surface area contributed by atoms with Gasteiger partial charge in [-0.3, -0.25) is 0 Å². The van der Waals surface area contributed by atoms with E-state index in [2.05, 4.69) is 15.3 Å². The highest BCUT2D eigenvalue weighted by Crippen LogP contribution is 2.14. The van der Waals surface area contributed by atoms with E-state index in [0.717, 1.165) is 11.4 Å². The van der Waals surface area contributed by atoms with Gasteiger partial charge >= 0.3 is 0 Å². The molecule has 0 bridgehead atoms. The zero-order valence-corrected chi connectivity index (χ0v) is 10.4. The predicted octanol–water partition coefficient (Wildman–Crippen LogP) is 2.72. The minimum atomic E-state index is 0.320. The summed E-state index contributed by atoms with van der Waals surface area (Å²) in [5, 5.41) is 15.2. The van der Waals surface area contributed by atoms with Gasteiger partial charge in [-0.2, -0.15) is 5.26 Å². The molecule has 0 saturated heterocycles. The van der Waals surface area contributed by atoms with Crippen LogP contribution in [0.15, 0.2) is 23.7 Å². The molecule has 0 aliphatic carbocycles. The van der Waals surface area contributed by atoms with Crippen molar-refractivity contribution in [1.82, 2.24) is 9.97 Å². The van der Waals surface area contributed by atoms with Gasteiger partial charge in [-0.1, -0.05) is 11.6 Å². The SMILES string of the molecule is N#Cc1cc(Cl)nc(NCCc2nccs2)c1. The molecule has 2 rings (SSSR count). The van der Waals surface area contributed by atoms with Gasteiger partial charge in [-0.05, 0) is 12.1 Å². The molecule has 0 aliphatic heterocycles. The maximum Gasteiger partial charge on any atom is 0.132 e. The van der Waals surface area contributed by atoms with Gasteiger partial charge in [0, 0.05) is 24.5 Å². The number of nitriles is 1. The molecule has 86 valence electrons. The maximum absolute atomic E-state index is 8.79. The first kappa shape index (κ1) is 11.8. The monoisotopic (exact) mass is 264 g/mol. The Morgan fingerprint density at radius 1 is 1.47 bits per heavy atom. The smallest absolute Gasteiger partial charge is 0.132 e. The standard InChI is InChI=1S/C11H9ClN4S/c12-9-5-8(7-13)6-10(16-9)14-2-1-11-15-3-4-17-11/h3-6H,1-2H2,(H,14,16). The Bertz CT molecular complexity index is 533. The van der Waals surface area contributed by atoms with Crippen LogP contribution in [-0.2, 0) is 6.42 Å². The Hall–Kier alpha value is -1.64. The molecule has 0 fully saturated rings. The van der Waals surface area contributed by atoms with E-state index in [4.69, 9.17) is 16.9 Å². The highest BCUT2D eigenvalue weighted by molar-refractivity contribution is 7.09. The van der Waals surface area contributed by atoms with E-state index in [1.807, 2.05) is 11.4 Å². The van der Waals surface area contributed by atoms with Crippen LogP contribution >= 0.6 is 22.9 Å². The molecular weight excluding hydrogens is 256 g/mol. The minimum Gasteiger partial charge on any atom is -0.370 e. The fourth-order valence-electron chi connectivity index (χ4n) is 1.33. The summed E-state index contributed by atoms with van der Waals surface area (Å²) in [6, 6.07) is 5.25. The van der Waals surface area contributed by atoms with Crippen LogP contribution in [-0.4, -0.2) is 16.5 Å². The second-order valence-electron chi connectivity index (χ2n) is 3.28. The Morgan fingerprint density at radius 3 is 3.06 bits per heavy atom. The summed E-state index contributed by atoms with van der Waals surface area (Å²) in [6.07, 6.45) is 2.61. The van der Waals surface area contributed by atoms with Crippen molar-refractivity contribution in [2.24, 2.45) is 0 Å². The average Bonchev–Trinajstić information content (AvgIpc) is 2.81. The van der Waals surface area contributed by atoms with Crippen LogP contribution in [0.25, 0.3) is 0 Å². The summed E-state index contributed by atoms with van der Waals surface area (Å²) in [4.78, 5) is 8.27. The number of nitrogens with one attached hydrogen (secondary N) is 1. The Labute approximate surface area is 108 Å². The van der Waals surface area contributed by atoms with Gasteiger partial charge in [0.05, 0.1) is 16.6 Å². The number of aromatic nitrogens is 2. The predicted molar refractivity (Wildman–Crippen MR) is 68.3 cm³/mol. The first-order chi connectivity index (χ1) is 8.28. The Balaban J connectivity index is 1.95. The van der Waals surface area contributed by atoms with Crippen molar-refractivity contribution >= 4 is 28.8 Å². The number of pyridine rings is 1. The second-order valence-corrected chi connectivity index (χ2v) is 4.64. The molecule has 4 nitrogen and oxygen atoms in total. The van der Waals surface area contributed by atoms with E-state index in [-0.39, 0.29) is 0 Å². The minimum absolute atomic E-state index is 0.320. The maximum atomic E-state index is 8.79. The lowest BCUT2D eigenvalue weighted by Crippen LogP contribution is -2.06. The van der Waals surface area contributed by atoms with E-state index in [1.54, 1.807) is 23.6 Å². The summed E-state index contributed by atoms with van der Waals surface area (Å²) >= 11 is 7.41. The van der Waals surface area contributed by atoms with Crippen molar-refractivity contribution in [3.63, 3.8) is 0 Å². The van der Waals surface area contributed by atoms with Crippen LogP contribution in [0.3, 0.4) is 0 Å². The molecule has 2 aromatic heterocycles. The summed E-state index contributed by atoms with van der Waals surface area (Å²) < 4.78 is 0. The van der Waals surface area contributed by atoms with Gasteiger partial charge in [-0.15, -0.1) is 11.3 Å². The lowest BCUT2D eigenvalue weighted by Gasteiger charge is -2.04. The van der Waals surface area contributed by atoms with Crippen molar-refractivity contribution in [2.45, 2.75) is 6.42 Å². The number of thiazole rings is 1. The number of hydrogen-bond acceptors (Lipinski definition) is 5. The highest BCUT2D eigenvalue weighted by Gasteiger charge is 2.01. The van der Waals surface area contributed by atoms with Gasteiger partial charge in [0.25, 0.3) is 0 Å². The van der Waals surface area contributed by atoms with Crippen LogP contribution < -0.4 is 5.32 Å². The third kappa shape index (κ3) is 3.41. The molecule has 2 aromatic rings. The number of anilines is 1. The van der Waals surface area contributed by atoms with Gasteiger partial charge in [0.2, 0.25) is 0 Å². The fraction of sp³-hybridized carbons (Fsp3) is 0.182. The summed E-state index contributed by atoms with van der Waals surface area (Å²) in [5.74, 6) is 0.616. The van der Waals surface area contributed by atoms with E-state index in [1.165, 1.54) is 6.07 Å². The first-order valence-electron chi connectivity index (χ1n) is 4.98.